The van der Waals surface area contributed by atoms with E-state index in [1.54, 1.807) is 12.1 Å². The molecule has 1 aliphatic rings. The number of esters is 1. The average Bonchev–Trinajstić information content (AvgIpc) is 2.70. The molecule has 0 heterocycles. The van der Waals surface area contributed by atoms with E-state index in [-0.39, 0.29) is 5.41 Å². The van der Waals surface area contributed by atoms with Crippen molar-refractivity contribution in [1.82, 2.24) is 0 Å². The Morgan fingerprint density at radius 3 is 2.64 bits per heavy atom. The van der Waals surface area contributed by atoms with E-state index in [0.717, 1.165) is 40.7 Å². The highest BCUT2D eigenvalue weighted by atomic mass is 16.5. The molecule has 0 saturated heterocycles. The minimum atomic E-state index is -0.497. The van der Waals surface area contributed by atoms with Gasteiger partial charge in [0, 0.05) is 6.08 Å². The quantitative estimate of drug-likeness (QED) is 0.399. The van der Waals surface area contributed by atoms with E-state index in [1.165, 1.54) is 5.56 Å². The maximum Gasteiger partial charge on any atom is 0.352 e. The molecule has 1 aliphatic carbocycles. The number of fused-ring (bicyclic) bond motifs is 1. The highest BCUT2D eigenvalue weighted by molar-refractivity contribution is 5.92. The summed E-state index contributed by atoms with van der Waals surface area (Å²) in [6.45, 7) is 6.49. The number of ether oxygens (including phenoxy) is 1. The van der Waals surface area contributed by atoms with Crippen LogP contribution < -0.4 is 0 Å². The highest BCUT2D eigenvalue weighted by Gasteiger charge is 2.30. The molecule has 0 N–H and O–H groups in total. The summed E-state index contributed by atoms with van der Waals surface area (Å²) in [6, 6.07) is 14.3. The second kappa shape index (κ2) is 7.75. The fourth-order valence-electron chi connectivity index (χ4n) is 3.88. The zero-order chi connectivity index (χ0) is 20.3. The van der Waals surface area contributed by atoms with Crippen LogP contribution in [-0.2, 0) is 16.6 Å². The molecule has 0 aromatic heterocycles. The van der Waals surface area contributed by atoms with Crippen LogP contribution in [0.3, 0.4) is 0 Å². The van der Waals surface area contributed by atoms with Crippen molar-refractivity contribution in [2.45, 2.75) is 45.4 Å². The lowest BCUT2D eigenvalue weighted by Gasteiger charge is -2.34. The Morgan fingerprint density at radius 2 is 1.96 bits per heavy atom. The lowest BCUT2D eigenvalue weighted by atomic mass is 9.70. The van der Waals surface area contributed by atoms with Crippen LogP contribution in [0, 0.1) is 23.9 Å². The van der Waals surface area contributed by atoms with Gasteiger partial charge in [0.1, 0.15) is 6.11 Å². The van der Waals surface area contributed by atoms with E-state index in [9.17, 15) is 4.79 Å². The molecule has 0 unspecified atom stereocenters. The lowest BCUT2D eigenvalue weighted by Crippen LogP contribution is -2.23. The van der Waals surface area contributed by atoms with Crippen molar-refractivity contribution in [3.05, 3.63) is 64.7 Å². The smallest absolute Gasteiger partial charge is 0.352 e. The van der Waals surface area contributed by atoms with Gasteiger partial charge in [-0.1, -0.05) is 57.5 Å². The van der Waals surface area contributed by atoms with Gasteiger partial charge < -0.3 is 4.74 Å². The predicted octanol–water partition coefficient (Wildman–Crippen LogP) is 5.64. The molecule has 0 bridgehead atoms. The zero-order valence-electron chi connectivity index (χ0n) is 16.5. The molecule has 2 aromatic carbocycles. The molecule has 3 heteroatoms. The molecule has 0 atom stereocenters. The molecule has 0 amide bonds. The molecule has 140 valence electrons. The number of nitrogens with zero attached hydrogens (tertiary/aromatic N) is 1. The predicted molar refractivity (Wildman–Crippen MR) is 111 cm³/mol. The molecular weight excluding hydrogens is 346 g/mol. The third-order valence-electron chi connectivity index (χ3n) is 5.54. The lowest BCUT2D eigenvalue weighted by molar-refractivity contribution is 0.0690. The largest absolute Gasteiger partial charge is 0.369 e. The molecule has 0 fully saturated rings. The number of hydrogen-bond donors (Lipinski definition) is 0. The minimum absolute atomic E-state index is 0.0439. The Hall–Kier alpha value is -3.30. The Labute approximate surface area is 166 Å². The van der Waals surface area contributed by atoms with Crippen LogP contribution in [0.5, 0.6) is 0 Å². The first-order valence-electron chi connectivity index (χ1n) is 9.45. The number of allylic oxidation sites excluding steroid dienone is 2. The maximum atomic E-state index is 12.0. The first-order valence-corrected chi connectivity index (χ1v) is 9.45. The molecule has 0 aliphatic heterocycles. The van der Waals surface area contributed by atoms with Gasteiger partial charge in [0.05, 0.1) is 11.6 Å². The molecule has 2 aromatic rings. The van der Waals surface area contributed by atoms with Crippen LogP contribution in [0.1, 0.15) is 60.7 Å². The van der Waals surface area contributed by atoms with E-state index >= 15 is 0 Å². The summed E-state index contributed by atoms with van der Waals surface area (Å²) in [5, 5.41) is 9.10. The van der Waals surface area contributed by atoms with Crippen molar-refractivity contribution < 1.29 is 9.53 Å². The van der Waals surface area contributed by atoms with E-state index in [4.69, 9.17) is 16.4 Å². The Balaban J connectivity index is 2.09. The molecule has 0 radical (unpaired) electrons. The van der Waals surface area contributed by atoms with Crippen molar-refractivity contribution in [3.63, 3.8) is 0 Å². The third kappa shape index (κ3) is 3.57. The van der Waals surface area contributed by atoms with Gasteiger partial charge in [-0.15, -0.1) is 0 Å². The number of aryl methyl sites for hydroxylation is 1. The van der Waals surface area contributed by atoms with Crippen molar-refractivity contribution in [2.75, 3.05) is 0 Å². The van der Waals surface area contributed by atoms with Gasteiger partial charge in [-0.2, -0.15) is 5.26 Å². The normalized spacial score (nSPS) is 16.0. The molecule has 3 nitrogen and oxygen atoms in total. The summed E-state index contributed by atoms with van der Waals surface area (Å²) in [5.74, 6) is -0.497. The van der Waals surface area contributed by atoms with Gasteiger partial charge in [-0.3, -0.25) is 0 Å². The summed E-state index contributed by atoms with van der Waals surface area (Å²) < 4.78 is 4.71. The first kappa shape index (κ1) is 19.5. The van der Waals surface area contributed by atoms with Crippen LogP contribution >= 0.6 is 0 Å². The third-order valence-corrected chi connectivity index (χ3v) is 5.54. The van der Waals surface area contributed by atoms with Gasteiger partial charge in [0.2, 0.25) is 0 Å². The summed E-state index contributed by atoms with van der Waals surface area (Å²) >= 11 is 0. The number of carbonyl (C=O) groups excluding carboxylic acids is 1. The summed E-state index contributed by atoms with van der Waals surface area (Å²) in [7, 11) is 0. The number of carbonyl (C=O) groups is 1. The van der Waals surface area contributed by atoms with Crippen LogP contribution in [0.25, 0.3) is 16.7 Å². The SMILES string of the molecule is C#COC(=O)c1ccc(-c2ccc3c(c2)C(C)(C)CC/C3=C\C#N)cc1CC. The molecule has 0 spiro atoms. The van der Waals surface area contributed by atoms with Gasteiger partial charge in [0.15, 0.2) is 0 Å². The van der Waals surface area contributed by atoms with Crippen LogP contribution in [0.2, 0.25) is 0 Å². The highest BCUT2D eigenvalue weighted by Crippen LogP contribution is 2.43. The Bertz CT molecular complexity index is 1050. The van der Waals surface area contributed by atoms with E-state index in [1.807, 2.05) is 25.2 Å². The number of nitriles is 1. The average molecular weight is 369 g/mol. The summed E-state index contributed by atoms with van der Waals surface area (Å²) in [4.78, 5) is 12.0. The van der Waals surface area contributed by atoms with Gasteiger partial charge in [-0.05, 0) is 64.1 Å². The molecule has 0 saturated carbocycles. The van der Waals surface area contributed by atoms with E-state index < -0.39 is 5.97 Å². The number of rotatable bonds is 3. The number of terminal acetylenes is 1. The van der Waals surface area contributed by atoms with Crippen LogP contribution in [0.15, 0.2) is 42.5 Å². The second-order valence-corrected chi connectivity index (χ2v) is 7.68. The Kier molecular flexibility index (Phi) is 5.39. The van der Waals surface area contributed by atoms with Gasteiger partial charge in [0.25, 0.3) is 0 Å². The summed E-state index contributed by atoms with van der Waals surface area (Å²) in [6.07, 6.45) is 11.3. The summed E-state index contributed by atoms with van der Waals surface area (Å²) in [5.41, 5.74) is 7.10. The van der Waals surface area contributed by atoms with E-state index in [2.05, 4.69) is 38.1 Å². The minimum Gasteiger partial charge on any atom is -0.369 e. The van der Waals surface area contributed by atoms with Crippen molar-refractivity contribution in [2.24, 2.45) is 0 Å². The number of benzene rings is 2. The topological polar surface area (TPSA) is 50.1 Å². The maximum absolute atomic E-state index is 12.0. The Morgan fingerprint density at radius 1 is 1.25 bits per heavy atom. The molecule has 28 heavy (non-hydrogen) atoms. The van der Waals surface area contributed by atoms with Crippen molar-refractivity contribution in [3.8, 4) is 29.7 Å². The van der Waals surface area contributed by atoms with Crippen molar-refractivity contribution in [1.29, 1.82) is 5.26 Å². The second-order valence-electron chi connectivity index (χ2n) is 7.68. The van der Waals surface area contributed by atoms with E-state index in [0.29, 0.717) is 12.0 Å². The van der Waals surface area contributed by atoms with Crippen LogP contribution in [0.4, 0.5) is 0 Å². The van der Waals surface area contributed by atoms with Crippen molar-refractivity contribution >= 4 is 11.5 Å². The van der Waals surface area contributed by atoms with Gasteiger partial charge in [-0.25, -0.2) is 4.79 Å². The fraction of sp³-hybridized carbons (Fsp3) is 0.280. The monoisotopic (exact) mass is 369 g/mol. The molecule has 3 rings (SSSR count). The first-order chi connectivity index (χ1) is 13.4. The van der Waals surface area contributed by atoms with Crippen LogP contribution in [-0.4, -0.2) is 5.97 Å². The molecular formula is C25H23NO2. The standard InChI is InChI=1S/C25H23NO2/c1-5-17-15-19(8-10-22(17)24(27)28-6-2)20-7-9-21-18(12-14-26)11-13-25(3,4)23(21)16-20/h2,7-10,12,15-16H,5,11,13H2,1,3-4H3/b18-12+. The number of hydrogen-bond acceptors (Lipinski definition) is 3. The fourth-order valence-corrected chi connectivity index (χ4v) is 3.88. The zero-order valence-corrected chi connectivity index (χ0v) is 16.5. The van der Waals surface area contributed by atoms with Gasteiger partial charge >= 0.3 is 5.97 Å².